The number of ether oxygens (including phenoxy) is 1. The Hall–Kier alpha value is -1.34. The third-order valence-corrected chi connectivity index (χ3v) is 5.46. The summed E-state index contributed by atoms with van der Waals surface area (Å²) in [4.78, 5) is 23.7. The zero-order chi connectivity index (χ0) is 18.8. The summed E-state index contributed by atoms with van der Waals surface area (Å²) in [5.74, 6) is 1.28. The lowest BCUT2D eigenvalue weighted by Gasteiger charge is -2.39. The van der Waals surface area contributed by atoms with E-state index in [1.165, 1.54) is 6.42 Å². The molecule has 1 N–H and O–H groups in total. The minimum atomic E-state index is -0.00832. The van der Waals surface area contributed by atoms with E-state index in [0.717, 1.165) is 84.1 Å². The number of hydrogen-bond donors (Lipinski definition) is 1. The van der Waals surface area contributed by atoms with Crippen LogP contribution in [0.1, 0.15) is 39.0 Å². The van der Waals surface area contributed by atoms with E-state index < -0.39 is 0 Å². The Kier molecular flexibility index (Phi) is 9.18. The van der Waals surface area contributed by atoms with Gasteiger partial charge in [0.1, 0.15) is 0 Å². The third kappa shape index (κ3) is 6.13. The first-order chi connectivity index (χ1) is 12.7. The number of likely N-dealkylation sites (tertiary alicyclic amines) is 1. The van der Waals surface area contributed by atoms with E-state index in [1.807, 2.05) is 11.9 Å². The van der Waals surface area contributed by atoms with E-state index in [1.54, 1.807) is 7.11 Å². The molecule has 26 heavy (non-hydrogen) atoms. The Morgan fingerprint density at radius 3 is 2.35 bits per heavy atom. The zero-order valence-corrected chi connectivity index (χ0v) is 16.9. The average Bonchev–Trinajstić information content (AvgIpc) is 3.21. The van der Waals surface area contributed by atoms with Gasteiger partial charge in [-0.15, -0.1) is 0 Å². The Morgan fingerprint density at radius 2 is 1.73 bits per heavy atom. The molecule has 2 rings (SSSR count). The SMILES string of the molecule is CN=C(NCCCCCOC)N1CCN(C(C)C(=O)N2CCCC2)CC1. The van der Waals surface area contributed by atoms with Crippen molar-refractivity contribution in [1.29, 1.82) is 0 Å². The van der Waals surface area contributed by atoms with Gasteiger partial charge in [0, 0.05) is 66.6 Å². The number of methoxy groups -OCH3 is 1. The van der Waals surface area contributed by atoms with Gasteiger partial charge in [-0.25, -0.2) is 0 Å². The number of nitrogens with one attached hydrogen (secondary N) is 1. The highest BCUT2D eigenvalue weighted by Crippen LogP contribution is 2.14. The van der Waals surface area contributed by atoms with Crippen LogP contribution in [-0.2, 0) is 9.53 Å². The van der Waals surface area contributed by atoms with Crippen molar-refractivity contribution in [3.8, 4) is 0 Å². The highest BCUT2D eigenvalue weighted by molar-refractivity contribution is 5.82. The molecule has 1 atom stereocenters. The maximum atomic E-state index is 12.6. The van der Waals surface area contributed by atoms with Crippen LogP contribution in [0.4, 0.5) is 0 Å². The first kappa shape index (κ1) is 21.0. The van der Waals surface area contributed by atoms with Crippen molar-refractivity contribution in [2.75, 3.05) is 66.6 Å². The molecule has 0 bridgehead atoms. The van der Waals surface area contributed by atoms with Gasteiger partial charge in [-0.3, -0.25) is 14.7 Å². The average molecular weight is 368 g/mol. The minimum Gasteiger partial charge on any atom is -0.385 e. The molecule has 2 heterocycles. The van der Waals surface area contributed by atoms with Crippen molar-refractivity contribution < 1.29 is 9.53 Å². The first-order valence-corrected chi connectivity index (χ1v) is 10.1. The van der Waals surface area contributed by atoms with Crippen LogP contribution in [0.5, 0.6) is 0 Å². The van der Waals surface area contributed by atoms with E-state index in [0.29, 0.717) is 5.91 Å². The van der Waals surface area contributed by atoms with Crippen LogP contribution in [0.3, 0.4) is 0 Å². The van der Waals surface area contributed by atoms with Gasteiger partial charge in [-0.1, -0.05) is 0 Å². The second-order valence-corrected chi connectivity index (χ2v) is 7.26. The molecule has 7 nitrogen and oxygen atoms in total. The molecule has 1 unspecified atom stereocenters. The molecule has 2 fully saturated rings. The Morgan fingerprint density at radius 1 is 1.04 bits per heavy atom. The number of rotatable bonds is 8. The van der Waals surface area contributed by atoms with Gasteiger partial charge in [-0.2, -0.15) is 0 Å². The largest absolute Gasteiger partial charge is 0.385 e. The predicted octanol–water partition coefficient (Wildman–Crippen LogP) is 1.01. The summed E-state index contributed by atoms with van der Waals surface area (Å²) in [5.41, 5.74) is 0. The highest BCUT2D eigenvalue weighted by Gasteiger charge is 2.30. The summed E-state index contributed by atoms with van der Waals surface area (Å²) >= 11 is 0. The lowest BCUT2D eigenvalue weighted by Crippen LogP contribution is -2.57. The molecular formula is C19H37N5O2. The fourth-order valence-corrected chi connectivity index (χ4v) is 3.76. The quantitative estimate of drug-likeness (QED) is 0.394. The highest BCUT2D eigenvalue weighted by atomic mass is 16.5. The van der Waals surface area contributed by atoms with Crippen LogP contribution in [-0.4, -0.2) is 99.2 Å². The molecule has 2 saturated heterocycles. The maximum Gasteiger partial charge on any atom is 0.239 e. The summed E-state index contributed by atoms with van der Waals surface area (Å²) < 4.78 is 5.08. The number of guanidine groups is 1. The van der Waals surface area contributed by atoms with Gasteiger partial charge >= 0.3 is 0 Å². The number of aliphatic imine (C=N–C) groups is 1. The number of unbranched alkanes of at least 4 members (excludes halogenated alkanes) is 2. The van der Waals surface area contributed by atoms with Gasteiger partial charge < -0.3 is 19.9 Å². The maximum absolute atomic E-state index is 12.6. The third-order valence-electron chi connectivity index (χ3n) is 5.46. The van der Waals surface area contributed by atoms with E-state index in [9.17, 15) is 4.79 Å². The minimum absolute atomic E-state index is 0.00832. The van der Waals surface area contributed by atoms with Crippen LogP contribution < -0.4 is 5.32 Å². The van der Waals surface area contributed by atoms with Gasteiger partial charge in [0.25, 0.3) is 0 Å². The molecule has 0 saturated carbocycles. The zero-order valence-electron chi connectivity index (χ0n) is 16.9. The lowest BCUT2D eigenvalue weighted by molar-refractivity contribution is -0.135. The molecule has 150 valence electrons. The molecule has 2 aliphatic rings. The number of nitrogens with zero attached hydrogens (tertiary/aromatic N) is 4. The van der Waals surface area contributed by atoms with Crippen LogP contribution >= 0.6 is 0 Å². The molecule has 0 aliphatic carbocycles. The summed E-state index contributed by atoms with van der Waals surface area (Å²) in [7, 11) is 3.60. The van der Waals surface area contributed by atoms with Crippen molar-refractivity contribution in [2.45, 2.75) is 45.1 Å². The van der Waals surface area contributed by atoms with Gasteiger partial charge in [0.2, 0.25) is 5.91 Å². The second kappa shape index (κ2) is 11.4. The summed E-state index contributed by atoms with van der Waals surface area (Å²) in [6.07, 6.45) is 5.71. The monoisotopic (exact) mass is 367 g/mol. The lowest BCUT2D eigenvalue weighted by atomic mass is 10.2. The fourth-order valence-electron chi connectivity index (χ4n) is 3.76. The van der Waals surface area contributed by atoms with E-state index in [4.69, 9.17) is 4.74 Å². The van der Waals surface area contributed by atoms with Crippen molar-refractivity contribution in [3.05, 3.63) is 0 Å². The van der Waals surface area contributed by atoms with Crippen LogP contribution in [0.25, 0.3) is 0 Å². The predicted molar refractivity (Wildman–Crippen MR) is 106 cm³/mol. The molecule has 0 aromatic carbocycles. The normalized spacial score (nSPS) is 20.5. The molecule has 0 radical (unpaired) electrons. The Bertz CT molecular complexity index is 443. The molecule has 0 spiro atoms. The van der Waals surface area contributed by atoms with Gasteiger partial charge in [-0.05, 0) is 39.0 Å². The van der Waals surface area contributed by atoms with Gasteiger partial charge in [0.15, 0.2) is 5.96 Å². The number of carbonyl (C=O) groups excluding carboxylic acids is 1. The summed E-state index contributed by atoms with van der Waals surface area (Å²) in [6.45, 7) is 9.37. The van der Waals surface area contributed by atoms with E-state index in [2.05, 4.69) is 27.0 Å². The molecule has 7 heteroatoms. The molecule has 2 aliphatic heterocycles. The smallest absolute Gasteiger partial charge is 0.239 e. The van der Waals surface area contributed by atoms with Crippen molar-refractivity contribution >= 4 is 11.9 Å². The Balaban J connectivity index is 1.69. The summed E-state index contributed by atoms with van der Waals surface area (Å²) in [5, 5.41) is 3.47. The fraction of sp³-hybridized carbons (Fsp3) is 0.895. The van der Waals surface area contributed by atoms with Crippen LogP contribution in [0.15, 0.2) is 4.99 Å². The molecular weight excluding hydrogens is 330 g/mol. The molecule has 0 aromatic rings. The molecule has 0 aromatic heterocycles. The summed E-state index contributed by atoms with van der Waals surface area (Å²) in [6, 6.07) is -0.00832. The van der Waals surface area contributed by atoms with Crippen molar-refractivity contribution in [3.63, 3.8) is 0 Å². The second-order valence-electron chi connectivity index (χ2n) is 7.26. The number of carbonyl (C=O) groups is 1. The number of hydrogen-bond acceptors (Lipinski definition) is 4. The molecule has 1 amide bonds. The van der Waals surface area contributed by atoms with E-state index in [-0.39, 0.29) is 6.04 Å². The van der Waals surface area contributed by atoms with E-state index >= 15 is 0 Å². The van der Waals surface area contributed by atoms with Crippen LogP contribution in [0, 0.1) is 0 Å². The standard InChI is InChI=1S/C19H37N5O2/c1-17(18(25)23-10-6-7-11-23)22-12-14-24(15-13-22)19(20-2)21-9-5-4-8-16-26-3/h17H,4-16H2,1-3H3,(H,20,21). The van der Waals surface area contributed by atoms with Gasteiger partial charge in [0.05, 0.1) is 6.04 Å². The van der Waals surface area contributed by atoms with Crippen molar-refractivity contribution in [2.24, 2.45) is 4.99 Å². The number of amides is 1. The first-order valence-electron chi connectivity index (χ1n) is 10.1. The van der Waals surface area contributed by atoms with Crippen LogP contribution in [0.2, 0.25) is 0 Å². The number of piperazine rings is 1. The Labute approximate surface area is 158 Å². The topological polar surface area (TPSA) is 60.4 Å². The van der Waals surface area contributed by atoms with Crippen molar-refractivity contribution in [1.82, 2.24) is 20.0 Å².